The van der Waals surface area contributed by atoms with Gasteiger partial charge in [0.15, 0.2) is 0 Å². The van der Waals surface area contributed by atoms with Crippen molar-refractivity contribution in [3.05, 3.63) is 35.9 Å². The molecule has 2 atom stereocenters. The third-order valence-corrected chi connectivity index (χ3v) is 3.74. The summed E-state index contributed by atoms with van der Waals surface area (Å²) in [5.74, 6) is -0.492. The first-order valence-corrected chi connectivity index (χ1v) is 7.84. The number of amides is 2. The topological polar surface area (TPSA) is 87.5 Å². The van der Waals surface area contributed by atoms with Crippen LogP contribution in [0.2, 0.25) is 0 Å². The lowest BCUT2D eigenvalue weighted by molar-refractivity contribution is -0.127. The van der Waals surface area contributed by atoms with E-state index in [4.69, 9.17) is 5.73 Å². The molecular formula is C17H30Cl2N4O2. The van der Waals surface area contributed by atoms with Crippen molar-refractivity contribution in [1.29, 1.82) is 0 Å². The van der Waals surface area contributed by atoms with Crippen LogP contribution in [0.3, 0.4) is 0 Å². The molecule has 0 heterocycles. The zero-order valence-corrected chi connectivity index (χ0v) is 16.8. The number of rotatable bonds is 8. The molecule has 0 saturated carbocycles. The molecule has 0 spiro atoms. The minimum Gasteiger partial charge on any atom is -0.353 e. The first-order valence-electron chi connectivity index (χ1n) is 7.84. The molecule has 0 saturated heterocycles. The van der Waals surface area contributed by atoms with Crippen LogP contribution in [0.4, 0.5) is 0 Å². The third-order valence-electron chi connectivity index (χ3n) is 3.74. The van der Waals surface area contributed by atoms with Gasteiger partial charge < -0.3 is 21.3 Å². The predicted octanol–water partition coefficient (Wildman–Crippen LogP) is 1.35. The molecule has 0 bridgehead atoms. The molecule has 6 nitrogen and oxygen atoms in total. The van der Waals surface area contributed by atoms with E-state index < -0.39 is 6.04 Å². The van der Waals surface area contributed by atoms with Gasteiger partial charge in [-0.3, -0.25) is 9.59 Å². The fourth-order valence-electron chi connectivity index (χ4n) is 2.13. The van der Waals surface area contributed by atoms with E-state index in [2.05, 4.69) is 10.6 Å². The average molecular weight is 393 g/mol. The van der Waals surface area contributed by atoms with Gasteiger partial charge in [0.05, 0.1) is 18.6 Å². The second-order valence-corrected chi connectivity index (χ2v) is 6.18. The van der Waals surface area contributed by atoms with Crippen molar-refractivity contribution in [1.82, 2.24) is 15.5 Å². The fraction of sp³-hybridized carbons (Fsp3) is 0.529. The first kappa shape index (κ1) is 25.9. The van der Waals surface area contributed by atoms with E-state index in [1.54, 1.807) is 0 Å². The maximum atomic E-state index is 11.9. The van der Waals surface area contributed by atoms with Crippen molar-refractivity contribution in [3.8, 4) is 0 Å². The summed E-state index contributed by atoms with van der Waals surface area (Å²) in [6.07, 6.45) is 0. The van der Waals surface area contributed by atoms with Gasteiger partial charge in [-0.05, 0) is 25.6 Å². The molecule has 1 aromatic rings. The van der Waals surface area contributed by atoms with E-state index in [-0.39, 0.29) is 55.1 Å². The summed E-state index contributed by atoms with van der Waals surface area (Å²) in [5.41, 5.74) is 6.86. The van der Waals surface area contributed by atoms with Gasteiger partial charge in [-0.15, -0.1) is 24.8 Å². The molecule has 0 aliphatic rings. The smallest absolute Gasteiger partial charge is 0.239 e. The van der Waals surface area contributed by atoms with Crippen LogP contribution in [0.5, 0.6) is 0 Å². The lowest BCUT2D eigenvalue weighted by Gasteiger charge is -2.25. The quantitative estimate of drug-likeness (QED) is 0.622. The van der Waals surface area contributed by atoms with Gasteiger partial charge >= 0.3 is 0 Å². The Morgan fingerprint density at radius 1 is 1.08 bits per heavy atom. The van der Waals surface area contributed by atoms with Gasteiger partial charge in [0.1, 0.15) is 0 Å². The van der Waals surface area contributed by atoms with Gasteiger partial charge in [0.2, 0.25) is 11.8 Å². The zero-order valence-electron chi connectivity index (χ0n) is 15.2. The number of likely N-dealkylation sites (N-methyl/N-ethyl adjacent to an activating group) is 1. The van der Waals surface area contributed by atoms with Crippen LogP contribution in [0, 0.1) is 5.92 Å². The molecule has 144 valence electrons. The summed E-state index contributed by atoms with van der Waals surface area (Å²) in [7, 11) is 3.93. The molecular weight excluding hydrogens is 363 g/mol. The second-order valence-electron chi connectivity index (χ2n) is 6.18. The monoisotopic (exact) mass is 392 g/mol. The zero-order chi connectivity index (χ0) is 17.4. The molecule has 0 fully saturated rings. The fourth-order valence-corrected chi connectivity index (χ4v) is 2.13. The van der Waals surface area contributed by atoms with Gasteiger partial charge in [-0.1, -0.05) is 44.2 Å². The summed E-state index contributed by atoms with van der Waals surface area (Å²) >= 11 is 0. The Bertz CT molecular complexity index is 513. The number of hydrogen-bond acceptors (Lipinski definition) is 4. The molecule has 0 aromatic heterocycles. The van der Waals surface area contributed by atoms with Crippen molar-refractivity contribution in [2.24, 2.45) is 11.7 Å². The van der Waals surface area contributed by atoms with Crippen molar-refractivity contribution in [3.63, 3.8) is 0 Å². The predicted molar refractivity (Wildman–Crippen MR) is 106 cm³/mol. The number of benzene rings is 1. The van der Waals surface area contributed by atoms with E-state index in [1.165, 1.54) is 0 Å². The van der Waals surface area contributed by atoms with Crippen molar-refractivity contribution in [2.75, 3.05) is 27.2 Å². The number of halogens is 2. The average Bonchev–Trinajstić information content (AvgIpc) is 2.52. The largest absolute Gasteiger partial charge is 0.353 e. The SMILES string of the molecule is CC(C)[C@H](N)C(=O)NCC(=O)NCC(c1ccccc1)N(C)C.Cl.Cl. The van der Waals surface area contributed by atoms with E-state index >= 15 is 0 Å². The van der Waals surface area contributed by atoms with E-state index in [0.29, 0.717) is 6.54 Å². The number of nitrogens with zero attached hydrogens (tertiary/aromatic N) is 1. The van der Waals surface area contributed by atoms with E-state index in [1.807, 2.05) is 63.2 Å². The van der Waals surface area contributed by atoms with Gasteiger partial charge in [-0.25, -0.2) is 0 Å². The molecule has 1 rings (SSSR count). The van der Waals surface area contributed by atoms with Crippen molar-refractivity contribution >= 4 is 36.6 Å². The maximum Gasteiger partial charge on any atom is 0.239 e. The number of carbonyl (C=O) groups is 2. The number of hydrogen-bond donors (Lipinski definition) is 3. The molecule has 4 N–H and O–H groups in total. The standard InChI is InChI=1S/C17H28N4O2.2ClH/c1-12(2)16(18)17(23)20-11-15(22)19-10-14(21(3)4)13-8-6-5-7-9-13;;/h5-9,12,14,16H,10-11,18H2,1-4H3,(H,19,22)(H,20,23);2*1H/t14?,16-;;/m0../s1. The minimum atomic E-state index is -0.596. The summed E-state index contributed by atoms with van der Waals surface area (Å²) < 4.78 is 0. The molecule has 2 amide bonds. The third kappa shape index (κ3) is 9.07. The Morgan fingerprint density at radius 3 is 2.12 bits per heavy atom. The Hall–Kier alpha value is -1.34. The Morgan fingerprint density at radius 2 is 1.64 bits per heavy atom. The summed E-state index contributed by atoms with van der Waals surface area (Å²) in [6.45, 7) is 4.15. The number of nitrogens with two attached hydrogens (primary N) is 1. The highest BCUT2D eigenvalue weighted by molar-refractivity contribution is 5.87. The summed E-state index contributed by atoms with van der Waals surface area (Å²) in [6, 6.07) is 9.45. The molecule has 1 aromatic carbocycles. The lowest BCUT2D eigenvalue weighted by atomic mass is 10.1. The molecule has 0 radical (unpaired) electrons. The summed E-state index contributed by atoms with van der Waals surface area (Å²) in [5, 5.41) is 5.42. The Balaban J connectivity index is 0. The van der Waals surface area contributed by atoms with Gasteiger partial charge in [0.25, 0.3) is 0 Å². The van der Waals surface area contributed by atoms with Crippen molar-refractivity contribution < 1.29 is 9.59 Å². The van der Waals surface area contributed by atoms with Crippen LogP contribution in [-0.2, 0) is 9.59 Å². The van der Waals surface area contributed by atoms with Crippen LogP contribution >= 0.6 is 24.8 Å². The van der Waals surface area contributed by atoms with E-state index in [9.17, 15) is 9.59 Å². The molecule has 8 heteroatoms. The first-order chi connectivity index (χ1) is 10.8. The number of nitrogens with one attached hydrogen (secondary N) is 2. The molecule has 1 unspecified atom stereocenters. The van der Waals surface area contributed by atoms with Gasteiger partial charge in [0, 0.05) is 6.54 Å². The van der Waals surface area contributed by atoms with Crippen LogP contribution < -0.4 is 16.4 Å². The Kier molecular flexibility index (Phi) is 13.4. The lowest BCUT2D eigenvalue weighted by Crippen LogP contribution is -2.47. The van der Waals surface area contributed by atoms with Crippen molar-refractivity contribution in [2.45, 2.75) is 25.9 Å². The summed E-state index contributed by atoms with van der Waals surface area (Å²) in [4.78, 5) is 25.7. The molecule has 25 heavy (non-hydrogen) atoms. The minimum absolute atomic E-state index is 0. The van der Waals surface area contributed by atoms with E-state index in [0.717, 1.165) is 5.56 Å². The van der Waals surface area contributed by atoms with Gasteiger partial charge in [-0.2, -0.15) is 0 Å². The second kappa shape index (κ2) is 12.9. The van der Waals surface area contributed by atoms with Crippen LogP contribution in [0.25, 0.3) is 0 Å². The maximum absolute atomic E-state index is 11.9. The van der Waals surface area contributed by atoms with Crippen LogP contribution in [0.15, 0.2) is 30.3 Å². The van der Waals surface area contributed by atoms with Crippen LogP contribution in [-0.4, -0.2) is 49.9 Å². The Labute approximate surface area is 162 Å². The molecule has 0 aliphatic carbocycles. The highest BCUT2D eigenvalue weighted by Crippen LogP contribution is 2.16. The highest BCUT2D eigenvalue weighted by atomic mass is 35.5. The van der Waals surface area contributed by atoms with Crippen LogP contribution in [0.1, 0.15) is 25.5 Å². The normalized spacial score (nSPS) is 12.6. The highest BCUT2D eigenvalue weighted by Gasteiger charge is 2.18. The number of carbonyl (C=O) groups excluding carboxylic acids is 2. The molecule has 0 aliphatic heterocycles.